The summed E-state index contributed by atoms with van der Waals surface area (Å²) >= 11 is 0. The molecule has 1 unspecified atom stereocenters. The van der Waals surface area contributed by atoms with Crippen LogP contribution in [0.2, 0.25) is 0 Å². The maximum absolute atomic E-state index is 13.3. The van der Waals surface area contributed by atoms with Crippen molar-refractivity contribution in [2.45, 2.75) is 44.6 Å². The van der Waals surface area contributed by atoms with Crippen molar-refractivity contribution in [3.63, 3.8) is 0 Å². The van der Waals surface area contributed by atoms with Gasteiger partial charge in [0.05, 0.1) is 13.2 Å². The molecule has 4 rings (SSSR count). The van der Waals surface area contributed by atoms with Crippen molar-refractivity contribution in [1.29, 1.82) is 10.5 Å². The molecule has 3 aliphatic rings. The third-order valence-corrected chi connectivity index (χ3v) is 6.32. The number of fused-ring (bicyclic) bond motifs is 1. The second kappa shape index (κ2) is 10.3. The van der Waals surface area contributed by atoms with Crippen molar-refractivity contribution in [2.75, 3.05) is 38.1 Å². The first-order valence-electron chi connectivity index (χ1n) is 11.5. The summed E-state index contributed by atoms with van der Waals surface area (Å²) in [6.45, 7) is 2.72. The van der Waals surface area contributed by atoms with Gasteiger partial charge in [-0.2, -0.15) is 10.5 Å². The summed E-state index contributed by atoms with van der Waals surface area (Å²) in [5.41, 5.74) is 1.61. The molecule has 3 aliphatic heterocycles. The largest absolute Gasteiger partial charge is 0.493 e. The van der Waals surface area contributed by atoms with E-state index in [9.17, 15) is 20.1 Å². The Morgan fingerprint density at radius 1 is 1.12 bits per heavy atom. The molecule has 0 bridgehead atoms. The number of benzene rings is 1. The second-order valence-corrected chi connectivity index (χ2v) is 8.56. The van der Waals surface area contributed by atoms with Crippen LogP contribution in [0.5, 0.6) is 5.75 Å². The van der Waals surface area contributed by atoms with Crippen LogP contribution >= 0.6 is 0 Å². The van der Waals surface area contributed by atoms with Crippen LogP contribution in [-0.2, 0) is 16.0 Å². The molecule has 0 radical (unpaired) electrons. The van der Waals surface area contributed by atoms with Crippen LogP contribution in [0.25, 0.3) is 0 Å². The van der Waals surface area contributed by atoms with Gasteiger partial charge in [-0.15, -0.1) is 0 Å². The summed E-state index contributed by atoms with van der Waals surface area (Å²) in [6.07, 6.45) is 4.96. The van der Waals surface area contributed by atoms with Crippen molar-refractivity contribution in [3.8, 4) is 17.9 Å². The molecule has 1 aromatic rings. The molecule has 33 heavy (non-hydrogen) atoms. The Hall–Kier alpha value is -3.72. The second-order valence-electron chi connectivity index (χ2n) is 8.56. The van der Waals surface area contributed by atoms with Crippen LogP contribution in [0.4, 0.5) is 5.69 Å². The first kappa shape index (κ1) is 22.5. The van der Waals surface area contributed by atoms with Crippen LogP contribution < -0.4 is 15.4 Å². The molecular formula is C24H28N6O3. The summed E-state index contributed by atoms with van der Waals surface area (Å²) in [5.74, 6) is 0.824. The molecule has 2 saturated heterocycles. The normalized spacial score (nSPS) is 19.6. The zero-order valence-electron chi connectivity index (χ0n) is 18.6. The van der Waals surface area contributed by atoms with E-state index in [2.05, 4.69) is 10.6 Å². The smallest absolute Gasteiger partial charge is 0.245 e. The molecule has 2 fully saturated rings. The van der Waals surface area contributed by atoms with Crippen LogP contribution in [-0.4, -0.2) is 60.4 Å². The number of nitriles is 2. The van der Waals surface area contributed by atoms with E-state index in [1.807, 2.05) is 35.2 Å². The number of allylic oxidation sites excluding steroid dienone is 1. The lowest BCUT2D eigenvalue weighted by molar-refractivity contribution is -0.140. The monoisotopic (exact) mass is 448 g/mol. The fourth-order valence-corrected chi connectivity index (χ4v) is 4.52. The van der Waals surface area contributed by atoms with E-state index >= 15 is 0 Å². The SMILES string of the molecule is N#CC(C#N)=C(Nc1ccc2c(c1)CCO2)NC1CCCCN(CC(=O)N2CCCC2)C1=O. The Bertz CT molecular complexity index is 1020. The lowest BCUT2D eigenvalue weighted by Gasteiger charge is -2.27. The maximum Gasteiger partial charge on any atom is 0.245 e. The van der Waals surface area contributed by atoms with Crippen LogP contribution in [0, 0.1) is 22.7 Å². The standard InChI is InChI=1S/C24H28N6O3/c25-14-18(15-26)23(27-19-6-7-21-17(13-19)8-12-33-21)28-20-5-1-2-11-30(24(20)32)16-22(31)29-9-3-4-10-29/h6-7,13,20,27-28H,1-5,8-12,16H2. The van der Waals surface area contributed by atoms with Crippen molar-refractivity contribution < 1.29 is 14.3 Å². The summed E-state index contributed by atoms with van der Waals surface area (Å²) in [5, 5.41) is 25.2. The molecule has 9 heteroatoms. The van der Waals surface area contributed by atoms with Gasteiger partial charge in [0.25, 0.3) is 0 Å². The number of anilines is 1. The van der Waals surface area contributed by atoms with E-state index in [0.29, 0.717) is 25.3 Å². The Kier molecular flexibility index (Phi) is 6.99. The van der Waals surface area contributed by atoms with Gasteiger partial charge in [-0.05, 0) is 55.9 Å². The van der Waals surface area contributed by atoms with Gasteiger partial charge in [0, 0.05) is 31.7 Å². The molecule has 172 valence electrons. The first-order valence-corrected chi connectivity index (χ1v) is 11.5. The highest BCUT2D eigenvalue weighted by atomic mass is 16.5. The third-order valence-electron chi connectivity index (χ3n) is 6.32. The molecule has 1 atom stereocenters. The Balaban J connectivity index is 1.50. The van der Waals surface area contributed by atoms with Gasteiger partial charge in [-0.1, -0.05) is 0 Å². The minimum atomic E-state index is -0.629. The summed E-state index contributed by atoms with van der Waals surface area (Å²) < 4.78 is 5.54. The van der Waals surface area contributed by atoms with Crippen LogP contribution in [0.3, 0.4) is 0 Å². The summed E-state index contributed by atoms with van der Waals surface area (Å²) in [7, 11) is 0. The number of likely N-dealkylation sites (tertiary alicyclic amines) is 2. The fourth-order valence-electron chi connectivity index (χ4n) is 4.52. The minimum absolute atomic E-state index is 0.0227. The molecule has 9 nitrogen and oxygen atoms in total. The first-order chi connectivity index (χ1) is 16.1. The van der Waals surface area contributed by atoms with Gasteiger partial charge in [0.15, 0.2) is 5.57 Å². The molecule has 0 saturated carbocycles. The number of hydrogen-bond donors (Lipinski definition) is 2. The molecule has 3 heterocycles. The topological polar surface area (TPSA) is 121 Å². The summed E-state index contributed by atoms with van der Waals surface area (Å²) in [4.78, 5) is 29.3. The highest BCUT2D eigenvalue weighted by molar-refractivity contribution is 5.88. The van der Waals surface area contributed by atoms with E-state index in [1.54, 1.807) is 4.90 Å². The van der Waals surface area contributed by atoms with Gasteiger partial charge in [0.2, 0.25) is 11.8 Å². The van der Waals surface area contributed by atoms with Crippen molar-refractivity contribution in [1.82, 2.24) is 15.1 Å². The van der Waals surface area contributed by atoms with Crippen LogP contribution in [0.1, 0.15) is 37.7 Å². The number of hydrogen-bond acceptors (Lipinski definition) is 7. The van der Waals surface area contributed by atoms with E-state index in [0.717, 1.165) is 56.5 Å². The number of amides is 2. The Morgan fingerprint density at radius 3 is 2.64 bits per heavy atom. The minimum Gasteiger partial charge on any atom is -0.493 e. The lowest BCUT2D eigenvalue weighted by atomic mass is 10.1. The number of carbonyl (C=O) groups excluding carboxylic acids is 2. The molecular weight excluding hydrogens is 420 g/mol. The van der Waals surface area contributed by atoms with Gasteiger partial charge in [-0.25, -0.2) is 0 Å². The highest BCUT2D eigenvalue weighted by Crippen LogP contribution is 2.28. The molecule has 0 aromatic heterocycles. The van der Waals surface area contributed by atoms with Gasteiger partial charge in [-0.3, -0.25) is 9.59 Å². The number of ether oxygens (including phenoxy) is 1. The van der Waals surface area contributed by atoms with Gasteiger partial charge in [0.1, 0.15) is 29.8 Å². The number of rotatable bonds is 6. The fraction of sp³-hybridized carbons (Fsp3) is 0.500. The van der Waals surface area contributed by atoms with Gasteiger partial charge >= 0.3 is 0 Å². The highest BCUT2D eigenvalue weighted by Gasteiger charge is 2.31. The van der Waals surface area contributed by atoms with E-state index in [1.165, 1.54) is 0 Å². The third kappa shape index (κ3) is 5.20. The predicted octanol–water partition coefficient (Wildman–Crippen LogP) is 1.89. The maximum atomic E-state index is 13.3. The summed E-state index contributed by atoms with van der Waals surface area (Å²) in [6, 6.07) is 8.77. The van der Waals surface area contributed by atoms with Crippen LogP contribution in [0.15, 0.2) is 29.6 Å². The molecule has 1 aromatic carbocycles. The van der Waals surface area contributed by atoms with E-state index in [4.69, 9.17) is 4.74 Å². The Labute approximate surface area is 193 Å². The van der Waals surface area contributed by atoms with E-state index < -0.39 is 6.04 Å². The Morgan fingerprint density at radius 2 is 1.88 bits per heavy atom. The quantitative estimate of drug-likeness (QED) is 0.637. The average Bonchev–Trinajstić information content (AvgIpc) is 3.49. The zero-order chi connectivity index (χ0) is 23.2. The van der Waals surface area contributed by atoms with Crippen molar-refractivity contribution in [3.05, 3.63) is 35.2 Å². The molecule has 2 N–H and O–H groups in total. The number of carbonyl (C=O) groups is 2. The van der Waals surface area contributed by atoms with Gasteiger partial charge < -0.3 is 25.2 Å². The predicted molar refractivity (Wildman–Crippen MR) is 121 cm³/mol. The zero-order valence-corrected chi connectivity index (χ0v) is 18.6. The molecule has 0 spiro atoms. The average molecular weight is 449 g/mol. The molecule has 2 amide bonds. The lowest BCUT2D eigenvalue weighted by Crippen LogP contribution is -2.49. The number of nitrogens with one attached hydrogen (secondary N) is 2. The van der Waals surface area contributed by atoms with E-state index in [-0.39, 0.29) is 29.8 Å². The molecule has 0 aliphatic carbocycles. The van der Waals surface area contributed by atoms with Crippen molar-refractivity contribution in [2.24, 2.45) is 0 Å². The van der Waals surface area contributed by atoms with Crippen molar-refractivity contribution >= 4 is 17.5 Å². The number of nitrogens with zero attached hydrogens (tertiary/aromatic N) is 4.